The summed E-state index contributed by atoms with van der Waals surface area (Å²) in [6, 6.07) is 4.92. The van der Waals surface area contributed by atoms with Crippen LogP contribution in [0, 0.1) is 6.92 Å². The van der Waals surface area contributed by atoms with E-state index in [4.69, 9.17) is 4.74 Å². The van der Waals surface area contributed by atoms with Gasteiger partial charge in [0.2, 0.25) is 0 Å². The number of hydrogen-bond acceptors (Lipinski definition) is 4. The molecule has 6 nitrogen and oxygen atoms in total. The van der Waals surface area contributed by atoms with Crippen molar-refractivity contribution in [1.29, 1.82) is 0 Å². The molecule has 6 heteroatoms. The van der Waals surface area contributed by atoms with Gasteiger partial charge >= 0.3 is 5.97 Å². The molecule has 0 saturated heterocycles. The minimum absolute atomic E-state index is 0.274. The van der Waals surface area contributed by atoms with Gasteiger partial charge in [-0.25, -0.2) is 9.78 Å². The second kappa shape index (κ2) is 5.73. The fourth-order valence-electron chi connectivity index (χ4n) is 1.85. The number of aromatic nitrogens is 2. The number of fused-ring (bicyclic) bond motifs is 1. The summed E-state index contributed by atoms with van der Waals surface area (Å²) in [6.45, 7) is 5.51. The van der Waals surface area contributed by atoms with Crippen LogP contribution < -0.4 is 5.32 Å². The lowest BCUT2D eigenvalue weighted by molar-refractivity contribution is -0.144. The fourth-order valence-corrected chi connectivity index (χ4v) is 1.85. The molecule has 0 aliphatic rings. The number of nitrogens with one attached hydrogen (secondary N) is 1. The van der Waals surface area contributed by atoms with Gasteiger partial charge in [0.25, 0.3) is 5.91 Å². The van der Waals surface area contributed by atoms with E-state index in [1.165, 1.54) is 0 Å². The van der Waals surface area contributed by atoms with E-state index in [1.54, 1.807) is 20.0 Å². The third kappa shape index (κ3) is 2.79. The number of esters is 1. The van der Waals surface area contributed by atoms with Gasteiger partial charge in [-0.05, 0) is 32.9 Å². The monoisotopic (exact) mass is 275 g/mol. The van der Waals surface area contributed by atoms with E-state index in [0.29, 0.717) is 5.65 Å². The molecule has 0 aliphatic heterocycles. The Labute approximate surface area is 116 Å². The summed E-state index contributed by atoms with van der Waals surface area (Å²) in [4.78, 5) is 27.8. The van der Waals surface area contributed by atoms with Gasteiger partial charge in [0, 0.05) is 11.9 Å². The Bertz CT molecular complexity index is 648. The summed E-state index contributed by atoms with van der Waals surface area (Å²) < 4.78 is 6.66. The lowest BCUT2D eigenvalue weighted by Gasteiger charge is -2.11. The predicted molar refractivity (Wildman–Crippen MR) is 73.5 cm³/mol. The molecule has 2 heterocycles. The largest absolute Gasteiger partial charge is 0.464 e. The molecule has 2 rings (SSSR count). The van der Waals surface area contributed by atoms with E-state index in [1.807, 2.05) is 29.5 Å². The zero-order valence-corrected chi connectivity index (χ0v) is 11.7. The van der Waals surface area contributed by atoms with E-state index in [-0.39, 0.29) is 12.3 Å². The lowest BCUT2D eigenvalue weighted by Crippen LogP contribution is -2.39. The average Bonchev–Trinajstić information content (AvgIpc) is 2.84. The van der Waals surface area contributed by atoms with E-state index < -0.39 is 17.9 Å². The molecule has 0 aliphatic carbocycles. The topological polar surface area (TPSA) is 72.7 Å². The number of imidazole rings is 1. The number of hydrogen-bond donors (Lipinski definition) is 1. The van der Waals surface area contributed by atoms with Gasteiger partial charge in [0.15, 0.2) is 0 Å². The first-order valence-corrected chi connectivity index (χ1v) is 6.45. The van der Waals surface area contributed by atoms with E-state index >= 15 is 0 Å². The highest BCUT2D eigenvalue weighted by molar-refractivity contribution is 5.95. The first-order valence-electron chi connectivity index (χ1n) is 6.45. The van der Waals surface area contributed by atoms with E-state index in [2.05, 4.69) is 10.3 Å². The van der Waals surface area contributed by atoms with Crippen molar-refractivity contribution in [2.24, 2.45) is 0 Å². The van der Waals surface area contributed by atoms with Gasteiger partial charge < -0.3 is 14.5 Å². The van der Waals surface area contributed by atoms with Gasteiger partial charge in [-0.2, -0.15) is 0 Å². The van der Waals surface area contributed by atoms with Gasteiger partial charge in [0.1, 0.15) is 17.4 Å². The van der Waals surface area contributed by atoms with Crippen molar-refractivity contribution in [3.05, 3.63) is 35.8 Å². The summed E-state index contributed by atoms with van der Waals surface area (Å²) in [6.07, 6.45) is 1.65. The molecule has 0 fully saturated rings. The van der Waals surface area contributed by atoms with Crippen molar-refractivity contribution < 1.29 is 14.3 Å². The second-order valence-corrected chi connectivity index (χ2v) is 4.47. The molecule has 20 heavy (non-hydrogen) atoms. The van der Waals surface area contributed by atoms with Crippen LogP contribution in [0.4, 0.5) is 0 Å². The second-order valence-electron chi connectivity index (χ2n) is 4.47. The number of pyridine rings is 1. The number of amides is 1. The Kier molecular flexibility index (Phi) is 4.02. The molecule has 0 aromatic carbocycles. The zero-order valence-electron chi connectivity index (χ0n) is 11.7. The molecule has 1 atom stereocenters. The van der Waals surface area contributed by atoms with E-state index in [9.17, 15) is 9.59 Å². The summed E-state index contributed by atoms with van der Waals surface area (Å²) in [5.74, 6) is -0.852. The SMILES string of the molecule is CCOC(=O)C(C)NC(=O)c1cn2c(C)cccc2n1. The van der Waals surface area contributed by atoms with Crippen LogP contribution in [0.15, 0.2) is 24.4 Å². The predicted octanol–water partition coefficient (Wildman–Crippen LogP) is 1.32. The molecule has 2 aromatic heterocycles. The number of carbonyl (C=O) groups is 2. The lowest BCUT2D eigenvalue weighted by atomic mass is 10.3. The molecule has 106 valence electrons. The molecule has 0 radical (unpaired) electrons. The maximum absolute atomic E-state index is 12.1. The van der Waals surface area contributed by atoms with Crippen molar-refractivity contribution in [2.75, 3.05) is 6.61 Å². The van der Waals surface area contributed by atoms with Crippen LogP contribution in [0.1, 0.15) is 30.0 Å². The molecule has 0 spiro atoms. The first kappa shape index (κ1) is 14.0. The van der Waals surface area contributed by atoms with Crippen LogP contribution in [0.2, 0.25) is 0 Å². The molecular weight excluding hydrogens is 258 g/mol. The molecule has 0 bridgehead atoms. The zero-order chi connectivity index (χ0) is 14.7. The maximum atomic E-state index is 12.1. The van der Waals surface area contributed by atoms with Crippen LogP contribution in [0.25, 0.3) is 5.65 Å². The summed E-state index contributed by atoms with van der Waals surface area (Å²) >= 11 is 0. The van der Waals surface area contributed by atoms with Crippen molar-refractivity contribution in [1.82, 2.24) is 14.7 Å². The maximum Gasteiger partial charge on any atom is 0.328 e. The summed E-state index contributed by atoms with van der Waals surface area (Å²) in [7, 11) is 0. The highest BCUT2D eigenvalue weighted by Gasteiger charge is 2.19. The van der Waals surface area contributed by atoms with Crippen molar-refractivity contribution in [2.45, 2.75) is 26.8 Å². The van der Waals surface area contributed by atoms with Gasteiger partial charge in [-0.1, -0.05) is 6.07 Å². The van der Waals surface area contributed by atoms with Gasteiger partial charge in [0.05, 0.1) is 6.61 Å². The fraction of sp³-hybridized carbons (Fsp3) is 0.357. The summed E-state index contributed by atoms with van der Waals surface area (Å²) in [5.41, 5.74) is 1.95. The Balaban J connectivity index is 2.15. The molecule has 1 N–H and O–H groups in total. The Morgan fingerprint density at radius 1 is 1.45 bits per heavy atom. The standard InChI is InChI=1S/C14H17N3O3/c1-4-20-14(19)10(3)15-13(18)11-8-17-9(2)6-5-7-12(17)16-11/h5-8,10H,4H2,1-3H3,(H,15,18). The van der Waals surface area contributed by atoms with Crippen LogP contribution in [-0.2, 0) is 9.53 Å². The summed E-state index contributed by atoms with van der Waals surface area (Å²) in [5, 5.41) is 2.57. The smallest absolute Gasteiger partial charge is 0.328 e. The molecule has 2 aromatic rings. The Hall–Kier alpha value is -2.37. The number of aryl methyl sites for hydroxylation is 1. The quantitative estimate of drug-likeness (QED) is 0.854. The number of carbonyl (C=O) groups excluding carboxylic acids is 2. The van der Waals surface area contributed by atoms with Crippen molar-refractivity contribution in [3.8, 4) is 0 Å². The minimum atomic E-state index is -0.701. The molecule has 1 amide bonds. The Morgan fingerprint density at radius 3 is 2.85 bits per heavy atom. The highest BCUT2D eigenvalue weighted by atomic mass is 16.5. The van der Waals surface area contributed by atoms with E-state index in [0.717, 1.165) is 5.69 Å². The Morgan fingerprint density at radius 2 is 2.20 bits per heavy atom. The van der Waals surface area contributed by atoms with Crippen LogP contribution in [-0.4, -0.2) is 33.9 Å². The van der Waals surface area contributed by atoms with Crippen LogP contribution in [0.3, 0.4) is 0 Å². The number of ether oxygens (including phenoxy) is 1. The minimum Gasteiger partial charge on any atom is -0.464 e. The highest BCUT2D eigenvalue weighted by Crippen LogP contribution is 2.08. The number of nitrogens with zero attached hydrogens (tertiary/aromatic N) is 2. The first-order chi connectivity index (χ1) is 9.52. The normalized spacial score (nSPS) is 12.2. The third-order valence-corrected chi connectivity index (χ3v) is 2.92. The molecular formula is C14H17N3O3. The van der Waals surface area contributed by atoms with Crippen molar-refractivity contribution >= 4 is 17.5 Å². The number of rotatable bonds is 4. The third-order valence-electron chi connectivity index (χ3n) is 2.92. The van der Waals surface area contributed by atoms with Crippen LogP contribution >= 0.6 is 0 Å². The van der Waals surface area contributed by atoms with Crippen LogP contribution in [0.5, 0.6) is 0 Å². The van der Waals surface area contributed by atoms with Gasteiger partial charge in [-0.15, -0.1) is 0 Å². The van der Waals surface area contributed by atoms with Gasteiger partial charge in [-0.3, -0.25) is 4.79 Å². The molecule has 0 saturated carbocycles. The van der Waals surface area contributed by atoms with Crippen molar-refractivity contribution in [3.63, 3.8) is 0 Å². The molecule has 1 unspecified atom stereocenters. The average molecular weight is 275 g/mol.